The van der Waals surface area contributed by atoms with Gasteiger partial charge < -0.3 is 19.7 Å². The van der Waals surface area contributed by atoms with Crippen molar-refractivity contribution in [1.82, 2.24) is 0 Å². The molecule has 0 bridgehead atoms. The van der Waals surface area contributed by atoms with Crippen molar-refractivity contribution in [2.75, 3.05) is 6.61 Å². The van der Waals surface area contributed by atoms with E-state index < -0.39 is 18.9 Å². The first kappa shape index (κ1) is 13.9. The first-order valence-corrected chi connectivity index (χ1v) is 6.01. The number of hydrogen-bond donors (Lipinski definition) is 2. The molecule has 0 aliphatic carbocycles. The minimum atomic E-state index is -1.08. The normalized spacial score (nSPS) is 11.7. The van der Waals surface area contributed by atoms with E-state index >= 15 is 0 Å². The molecule has 1 unspecified atom stereocenters. The summed E-state index contributed by atoms with van der Waals surface area (Å²) in [4.78, 5) is 11.8. The van der Waals surface area contributed by atoms with E-state index in [1.807, 2.05) is 6.07 Å². The molecule has 104 valence electrons. The van der Waals surface area contributed by atoms with Gasteiger partial charge in [-0.1, -0.05) is 18.2 Å². The quantitative estimate of drug-likeness (QED) is 0.643. The van der Waals surface area contributed by atoms with E-state index in [1.165, 1.54) is 24.3 Å². The number of para-hydroxylation sites is 1. The molecular weight excluding hydrogens is 260 g/mol. The number of carbonyl (C=O) groups is 1. The summed E-state index contributed by atoms with van der Waals surface area (Å²) in [5, 5.41) is 18.3. The smallest absolute Gasteiger partial charge is 0.341 e. The third-order valence-electron chi connectivity index (χ3n) is 2.50. The molecule has 20 heavy (non-hydrogen) atoms. The molecule has 0 fully saturated rings. The van der Waals surface area contributed by atoms with Gasteiger partial charge in [-0.05, 0) is 36.4 Å². The molecule has 2 rings (SSSR count). The Labute approximate surface area is 116 Å². The Balaban J connectivity index is 1.99. The highest BCUT2D eigenvalue weighted by Gasteiger charge is 2.16. The zero-order valence-electron chi connectivity index (χ0n) is 10.6. The molecule has 0 spiro atoms. The molecule has 2 N–H and O–H groups in total. The monoisotopic (exact) mass is 274 g/mol. The highest BCUT2D eigenvalue weighted by molar-refractivity contribution is 5.89. The van der Waals surface area contributed by atoms with Crippen LogP contribution in [0.5, 0.6) is 11.5 Å². The van der Waals surface area contributed by atoms with Gasteiger partial charge in [0.05, 0.1) is 5.56 Å². The van der Waals surface area contributed by atoms with E-state index in [9.17, 15) is 9.90 Å². The molecule has 0 aliphatic heterocycles. The summed E-state index contributed by atoms with van der Waals surface area (Å²) in [6, 6.07) is 14.4. The molecule has 0 heterocycles. The molecule has 0 amide bonds. The second-order valence-electron chi connectivity index (χ2n) is 4.00. The fourth-order valence-corrected chi connectivity index (χ4v) is 1.53. The molecule has 5 nitrogen and oxygen atoms in total. The predicted molar refractivity (Wildman–Crippen MR) is 71.5 cm³/mol. The van der Waals surface area contributed by atoms with Crippen LogP contribution in [0.4, 0.5) is 0 Å². The Hall–Kier alpha value is -2.53. The zero-order valence-corrected chi connectivity index (χ0v) is 10.6. The van der Waals surface area contributed by atoms with Crippen LogP contribution in [0.1, 0.15) is 10.4 Å². The average Bonchev–Trinajstić information content (AvgIpc) is 2.48. The number of aromatic hydroxyl groups is 1. The van der Waals surface area contributed by atoms with Crippen molar-refractivity contribution < 1.29 is 24.5 Å². The van der Waals surface area contributed by atoms with Gasteiger partial charge in [0.2, 0.25) is 0 Å². The summed E-state index contributed by atoms with van der Waals surface area (Å²) < 4.78 is 10.4. The summed E-state index contributed by atoms with van der Waals surface area (Å²) in [5.41, 5.74) is 0.262. The Morgan fingerprint density at radius 1 is 1.05 bits per heavy atom. The van der Waals surface area contributed by atoms with Crippen LogP contribution in [0.2, 0.25) is 0 Å². The molecule has 0 radical (unpaired) electrons. The Morgan fingerprint density at radius 2 is 1.70 bits per heavy atom. The van der Waals surface area contributed by atoms with Gasteiger partial charge in [-0.3, -0.25) is 0 Å². The molecule has 2 aromatic rings. The lowest BCUT2D eigenvalue weighted by molar-refractivity contribution is -0.0744. The first-order valence-electron chi connectivity index (χ1n) is 6.01. The zero-order chi connectivity index (χ0) is 14.4. The van der Waals surface area contributed by atoms with Crippen molar-refractivity contribution >= 4 is 5.97 Å². The maximum absolute atomic E-state index is 11.8. The van der Waals surface area contributed by atoms with Crippen LogP contribution >= 0.6 is 0 Å². The molecule has 0 saturated carbocycles. The number of phenols is 1. The second kappa shape index (κ2) is 6.58. The Kier molecular flexibility index (Phi) is 4.57. The van der Waals surface area contributed by atoms with E-state index in [2.05, 4.69) is 0 Å². The van der Waals surface area contributed by atoms with Crippen LogP contribution in [0.25, 0.3) is 0 Å². The number of aliphatic hydroxyl groups excluding tert-OH is 1. The number of rotatable bonds is 5. The second-order valence-corrected chi connectivity index (χ2v) is 4.00. The number of benzene rings is 2. The number of hydrogen-bond acceptors (Lipinski definition) is 5. The molecule has 0 saturated heterocycles. The Bertz CT molecular complexity index is 550. The number of carbonyl (C=O) groups excluding carboxylic acids is 1. The van der Waals surface area contributed by atoms with E-state index in [-0.39, 0.29) is 11.3 Å². The predicted octanol–water partition coefficient (Wildman–Crippen LogP) is 1.95. The topological polar surface area (TPSA) is 76.0 Å². The first-order chi connectivity index (χ1) is 9.69. The van der Waals surface area contributed by atoms with Crippen LogP contribution in [-0.2, 0) is 4.74 Å². The van der Waals surface area contributed by atoms with Crippen LogP contribution in [0, 0.1) is 0 Å². The number of ether oxygens (including phenoxy) is 2. The standard InChI is InChI=1S/C15H14O5/c16-10-14(19-13-4-2-1-3-5-13)20-15(18)11-6-8-12(17)9-7-11/h1-9,14,16-17H,10H2. The van der Waals surface area contributed by atoms with E-state index in [0.29, 0.717) is 5.75 Å². The maximum atomic E-state index is 11.8. The van der Waals surface area contributed by atoms with Crippen molar-refractivity contribution in [3.8, 4) is 11.5 Å². The van der Waals surface area contributed by atoms with Gasteiger partial charge in [-0.25, -0.2) is 4.79 Å². The number of phenolic OH excluding ortho intramolecular Hbond substituents is 1. The van der Waals surface area contributed by atoms with Crippen molar-refractivity contribution in [3.05, 3.63) is 60.2 Å². The lowest BCUT2D eigenvalue weighted by Crippen LogP contribution is -2.28. The van der Waals surface area contributed by atoms with Crippen LogP contribution in [0.15, 0.2) is 54.6 Å². The SMILES string of the molecule is O=C(OC(CO)Oc1ccccc1)c1ccc(O)cc1. The third kappa shape index (κ3) is 3.73. The van der Waals surface area contributed by atoms with Crippen molar-refractivity contribution in [3.63, 3.8) is 0 Å². The van der Waals surface area contributed by atoms with E-state index in [1.54, 1.807) is 24.3 Å². The summed E-state index contributed by atoms with van der Waals surface area (Å²) in [7, 11) is 0. The molecule has 5 heteroatoms. The van der Waals surface area contributed by atoms with Gasteiger partial charge in [0, 0.05) is 0 Å². The lowest BCUT2D eigenvalue weighted by Gasteiger charge is -2.17. The summed E-state index contributed by atoms with van der Waals surface area (Å²) >= 11 is 0. The van der Waals surface area contributed by atoms with Crippen LogP contribution in [-0.4, -0.2) is 29.1 Å². The average molecular weight is 274 g/mol. The highest BCUT2D eigenvalue weighted by Crippen LogP contribution is 2.14. The number of aliphatic hydroxyl groups is 1. The summed E-state index contributed by atoms with van der Waals surface area (Å²) in [6.45, 7) is -0.460. The molecular formula is C15H14O5. The largest absolute Gasteiger partial charge is 0.508 e. The summed E-state index contributed by atoms with van der Waals surface area (Å²) in [5.74, 6) is -0.0918. The van der Waals surface area contributed by atoms with Gasteiger partial charge in [0.15, 0.2) is 0 Å². The maximum Gasteiger partial charge on any atom is 0.341 e. The van der Waals surface area contributed by atoms with Crippen molar-refractivity contribution in [1.29, 1.82) is 0 Å². The molecule has 1 atom stereocenters. The van der Waals surface area contributed by atoms with Crippen LogP contribution < -0.4 is 4.74 Å². The highest BCUT2D eigenvalue weighted by atomic mass is 16.7. The Morgan fingerprint density at radius 3 is 2.30 bits per heavy atom. The van der Waals surface area contributed by atoms with Gasteiger partial charge in [0.25, 0.3) is 6.29 Å². The van der Waals surface area contributed by atoms with Gasteiger partial charge in [-0.2, -0.15) is 0 Å². The molecule has 2 aromatic carbocycles. The molecule has 0 aliphatic rings. The van der Waals surface area contributed by atoms with E-state index in [0.717, 1.165) is 0 Å². The van der Waals surface area contributed by atoms with E-state index in [4.69, 9.17) is 14.6 Å². The summed E-state index contributed by atoms with van der Waals surface area (Å²) in [6.07, 6.45) is -1.08. The van der Waals surface area contributed by atoms with Gasteiger partial charge >= 0.3 is 5.97 Å². The minimum Gasteiger partial charge on any atom is -0.508 e. The van der Waals surface area contributed by atoms with Crippen molar-refractivity contribution in [2.45, 2.75) is 6.29 Å². The van der Waals surface area contributed by atoms with Crippen molar-refractivity contribution in [2.24, 2.45) is 0 Å². The molecule has 0 aromatic heterocycles. The fourth-order valence-electron chi connectivity index (χ4n) is 1.53. The minimum absolute atomic E-state index is 0.0563. The lowest BCUT2D eigenvalue weighted by atomic mass is 10.2. The van der Waals surface area contributed by atoms with Gasteiger partial charge in [0.1, 0.15) is 18.1 Å². The fraction of sp³-hybridized carbons (Fsp3) is 0.133. The van der Waals surface area contributed by atoms with Crippen LogP contribution in [0.3, 0.4) is 0 Å². The third-order valence-corrected chi connectivity index (χ3v) is 2.50. The van der Waals surface area contributed by atoms with Gasteiger partial charge in [-0.15, -0.1) is 0 Å². The number of esters is 1.